The molecule has 4 rings (SSSR count). The van der Waals surface area contributed by atoms with Gasteiger partial charge in [0.05, 0.1) is 22.6 Å². The number of hydrogen-bond donors (Lipinski definition) is 1. The summed E-state index contributed by atoms with van der Waals surface area (Å²) in [7, 11) is 0. The predicted octanol–water partition coefficient (Wildman–Crippen LogP) is 1.52. The number of likely N-dealkylation sites (tertiary alicyclic amines) is 1. The molecule has 144 valence electrons. The molecule has 0 radical (unpaired) electrons. The number of fused-ring (bicyclic) bond motifs is 1. The average molecular weight is 378 g/mol. The summed E-state index contributed by atoms with van der Waals surface area (Å²) in [5, 5.41) is 0. The highest BCUT2D eigenvalue weighted by Gasteiger charge is 2.28. The van der Waals surface area contributed by atoms with Crippen molar-refractivity contribution in [3.63, 3.8) is 0 Å². The zero-order chi connectivity index (χ0) is 19.7. The maximum absolute atomic E-state index is 13.2. The second-order valence-electron chi connectivity index (χ2n) is 7.11. The van der Waals surface area contributed by atoms with Crippen molar-refractivity contribution < 1.29 is 9.59 Å². The molecule has 0 bridgehead atoms. The van der Waals surface area contributed by atoms with E-state index in [4.69, 9.17) is 5.73 Å². The van der Waals surface area contributed by atoms with Crippen LogP contribution in [-0.4, -0.2) is 38.9 Å². The minimum Gasteiger partial charge on any atom is -0.369 e. The van der Waals surface area contributed by atoms with Gasteiger partial charge in [-0.1, -0.05) is 30.3 Å². The number of nitrogens with zero attached hydrogens (tertiary/aromatic N) is 3. The number of hydrogen-bond acceptors (Lipinski definition) is 3. The van der Waals surface area contributed by atoms with Crippen molar-refractivity contribution >= 4 is 22.8 Å². The number of rotatable bonds is 4. The summed E-state index contributed by atoms with van der Waals surface area (Å²) in [5.41, 5.74) is 7.36. The quantitative estimate of drug-likeness (QED) is 0.746. The van der Waals surface area contributed by atoms with E-state index in [1.807, 2.05) is 54.6 Å². The monoisotopic (exact) mass is 378 g/mol. The Morgan fingerprint density at radius 1 is 1.00 bits per heavy atom. The normalized spacial score (nSPS) is 17.0. The fraction of sp³-hybridized carbons (Fsp3) is 0.286. The Labute approximate surface area is 162 Å². The van der Waals surface area contributed by atoms with Crippen molar-refractivity contribution in [3.05, 3.63) is 65.1 Å². The molecule has 0 aliphatic carbocycles. The Bertz CT molecular complexity index is 1080. The van der Waals surface area contributed by atoms with Crippen LogP contribution in [0.2, 0.25) is 0 Å². The van der Waals surface area contributed by atoms with Crippen molar-refractivity contribution in [2.45, 2.75) is 19.4 Å². The van der Waals surface area contributed by atoms with Crippen LogP contribution in [0.15, 0.2) is 59.4 Å². The molecule has 1 aromatic heterocycles. The van der Waals surface area contributed by atoms with Gasteiger partial charge in [0.2, 0.25) is 11.8 Å². The van der Waals surface area contributed by atoms with E-state index in [0.717, 1.165) is 17.6 Å². The van der Waals surface area contributed by atoms with Crippen molar-refractivity contribution in [2.75, 3.05) is 13.1 Å². The molecular formula is C21H22N4O3. The summed E-state index contributed by atoms with van der Waals surface area (Å²) in [6.07, 6.45) is 1.44. The van der Waals surface area contributed by atoms with Crippen LogP contribution in [-0.2, 0) is 16.1 Å². The zero-order valence-corrected chi connectivity index (χ0v) is 15.5. The molecule has 28 heavy (non-hydrogen) atoms. The summed E-state index contributed by atoms with van der Waals surface area (Å²) in [5.74, 6) is -0.876. The molecule has 3 aromatic rings. The van der Waals surface area contributed by atoms with Gasteiger partial charge in [-0.25, -0.2) is 4.79 Å². The molecule has 7 heteroatoms. The Balaban J connectivity index is 1.70. The van der Waals surface area contributed by atoms with E-state index < -0.39 is 0 Å². The third-order valence-electron chi connectivity index (χ3n) is 5.32. The van der Waals surface area contributed by atoms with Crippen molar-refractivity contribution in [3.8, 4) is 5.69 Å². The van der Waals surface area contributed by atoms with E-state index >= 15 is 0 Å². The number of aromatic nitrogens is 2. The number of para-hydroxylation sites is 3. The maximum Gasteiger partial charge on any atom is 0.334 e. The first-order valence-electron chi connectivity index (χ1n) is 9.39. The second-order valence-corrected chi connectivity index (χ2v) is 7.11. The lowest BCUT2D eigenvalue weighted by atomic mass is 9.97. The van der Waals surface area contributed by atoms with E-state index in [9.17, 15) is 14.4 Å². The largest absolute Gasteiger partial charge is 0.369 e. The van der Waals surface area contributed by atoms with Crippen LogP contribution >= 0.6 is 0 Å². The van der Waals surface area contributed by atoms with E-state index in [2.05, 4.69) is 0 Å². The van der Waals surface area contributed by atoms with Crippen molar-refractivity contribution in [2.24, 2.45) is 11.7 Å². The van der Waals surface area contributed by atoms with E-state index in [1.54, 1.807) is 9.47 Å². The van der Waals surface area contributed by atoms with Crippen LogP contribution < -0.4 is 11.4 Å². The summed E-state index contributed by atoms with van der Waals surface area (Å²) in [6.45, 7) is 0.833. The Morgan fingerprint density at radius 2 is 1.68 bits per heavy atom. The first-order valence-corrected chi connectivity index (χ1v) is 9.39. The van der Waals surface area contributed by atoms with Crippen LogP contribution in [0.4, 0.5) is 0 Å². The van der Waals surface area contributed by atoms with E-state index in [-0.39, 0.29) is 30.0 Å². The Kier molecular flexibility index (Phi) is 4.73. The van der Waals surface area contributed by atoms with Crippen molar-refractivity contribution in [1.29, 1.82) is 0 Å². The van der Waals surface area contributed by atoms with Crippen LogP contribution in [0.3, 0.4) is 0 Å². The predicted molar refractivity (Wildman–Crippen MR) is 106 cm³/mol. The standard InChI is InChI=1S/C21H22N4O3/c22-20(27)15-7-6-12-23(13-15)19(26)14-24-17-10-4-5-11-18(17)25(21(24)28)16-8-2-1-3-9-16/h1-5,8-11,15H,6-7,12-14H2,(H2,22,27). The maximum atomic E-state index is 13.2. The van der Waals surface area contributed by atoms with Gasteiger partial charge in [0.25, 0.3) is 0 Å². The molecule has 0 spiro atoms. The van der Waals surface area contributed by atoms with E-state index in [0.29, 0.717) is 25.0 Å². The third kappa shape index (κ3) is 3.19. The number of piperidine rings is 1. The molecule has 7 nitrogen and oxygen atoms in total. The van der Waals surface area contributed by atoms with Gasteiger partial charge >= 0.3 is 5.69 Å². The molecule has 2 N–H and O–H groups in total. The summed E-state index contributed by atoms with van der Waals surface area (Å²) >= 11 is 0. The summed E-state index contributed by atoms with van der Waals surface area (Å²) in [4.78, 5) is 39.2. The first kappa shape index (κ1) is 18.0. The lowest BCUT2D eigenvalue weighted by Crippen LogP contribution is -2.45. The van der Waals surface area contributed by atoms with Gasteiger partial charge in [-0.2, -0.15) is 0 Å². The second kappa shape index (κ2) is 7.34. The van der Waals surface area contributed by atoms with Gasteiger partial charge < -0.3 is 10.6 Å². The number of primary amides is 1. The fourth-order valence-electron chi connectivity index (χ4n) is 3.86. The number of nitrogens with two attached hydrogens (primary N) is 1. The van der Waals surface area contributed by atoms with Gasteiger partial charge in [-0.15, -0.1) is 0 Å². The van der Waals surface area contributed by atoms with Gasteiger partial charge in [-0.3, -0.25) is 18.7 Å². The highest BCUT2D eigenvalue weighted by atomic mass is 16.2. The third-order valence-corrected chi connectivity index (χ3v) is 5.32. The lowest BCUT2D eigenvalue weighted by Gasteiger charge is -2.31. The molecule has 1 unspecified atom stereocenters. The smallest absolute Gasteiger partial charge is 0.334 e. The van der Waals surface area contributed by atoms with Crippen LogP contribution in [0, 0.1) is 5.92 Å². The van der Waals surface area contributed by atoms with Crippen LogP contribution in [0.1, 0.15) is 12.8 Å². The number of imidazole rings is 1. The highest BCUT2D eigenvalue weighted by Crippen LogP contribution is 2.19. The molecule has 2 aromatic carbocycles. The molecule has 1 aliphatic rings. The van der Waals surface area contributed by atoms with E-state index in [1.165, 1.54) is 4.57 Å². The molecule has 2 heterocycles. The van der Waals surface area contributed by atoms with Gasteiger partial charge in [0.15, 0.2) is 0 Å². The molecular weight excluding hydrogens is 356 g/mol. The first-order chi connectivity index (χ1) is 13.6. The lowest BCUT2D eigenvalue weighted by molar-refractivity contribution is -0.135. The SMILES string of the molecule is NC(=O)C1CCCN(C(=O)Cn2c(=O)n(-c3ccccc3)c3ccccc32)C1. The van der Waals surface area contributed by atoms with Gasteiger partial charge in [0, 0.05) is 13.1 Å². The number of carbonyl (C=O) groups is 2. The minimum atomic E-state index is -0.379. The van der Waals surface area contributed by atoms with Crippen LogP contribution in [0.5, 0.6) is 0 Å². The topological polar surface area (TPSA) is 90.3 Å². The van der Waals surface area contributed by atoms with Gasteiger partial charge in [0.1, 0.15) is 6.54 Å². The molecule has 2 amide bonds. The van der Waals surface area contributed by atoms with Gasteiger partial charge in [-0.05, 0) is 37.1 Å². The average Bonchev–Trinajstić information content (AvgIpc) is 3.00. The van der Waals surface area contributed by atoms with Crippen molar-refractivity contribution in [1.82, 2.24) is 14.0 Å². The zero-order valence-electron chi connectivity index (χ0n) is 15.5. The highest BCUT2D eigenvalue weighted by molar-refractivity contribution is 5.83. The number of carbonyl (C=O) groups excluding carboxylic acids is 2. The number of amides is 2. The Hall–Kier alpha value is -3.35. The molecule has 1 fully saturated rings. The summed E-state index contributed by atoms with van der Waals surface area (Å²) in [6, 6.07) is 16.8. The molecule has 1 saturated heterocycles. The van der Waals surface area contributed by atoms with Crippen LogP contribution in [0.25, 0.3) is 16.7 Å². The number of benzene rings is 2. The molecule has 1 aliphatic heterocycles. The summed E-state index contributed by atoms with van der Waals surface area (Å²) < 4.78 is 3.11. The Morgan fingerprint density at radius 3 is 2.39 bits per heavy atom. The molecule has 1 atom stereocenters. The minimum absolute atomic E-state index is 0.0648. The fourth-order valence-corrected chi connectivity index (χ4v) is 3.86. The molecule has 0 saturated carbocycles.